The molecule has 0 radical (unpaired) electrons. The minimum absolute atomic E-state index is 0.0750. The molecular weight excluding hydrogens is 707 g/mol. The molecule has 0 amide bonds. The number of para-hydroxylation sites is 1. The smallest absolute Gasteiger partial charge is 0.459 e. The van der Waals surface area contributed by atoms with Crippen LogP contribution in [0, 0.1) is 17.3 Å². The van der Waals surface area contributed by atoms with Crippen molar-refractivity contribution in [3.63, 3.8) is 0 Å². The zero-order valence-electron chi connectivity index (χ0n) is 31.7. The Balaban J connectivity index is 1.77. The average Bonchev–Trinajstić information content (AvgIpc) is 3.64. The summed E-state index contributed by atoms with van der Waals surface area (Å²) in [5.74, 6) is -2.74. The van der Waals surface area contributed by atoms with Crippen molar-refractivity contribution in [3.8, 4) is 5.75 Å². The number of hydrogen-bond acceptors (Lipinski definition) is 14. The number of aliphatic imine (C=N–C) groups is 1. The van der Waals surface area contributed by atoms with Crippen molar-refractivity contribution in [3.05, 3.63) is 54.5 Å². The fourth-order valence-corrected chi connectivity index (χ4v) is 6.85. The predicted molar refractivity (Wildman–Crippen MR) is 196 cm³/mol. The zero-order chi connectivity index (χ0) is 39.1. The van der Waals surface area contributed by atoms with E-state index in [9.17, 15) is 18.9 Å². The number of carbonyl (C=O) groups excluding carboxylic acids is 3. The third kappa shape index (κ3) is 10.2. The van der Waals surface area contributed by atoms with E-state index in [-0.39, 0.29) is 23.6 Å². The monoisotopic (exact) mass is 758 g/mol. The summed E-state index contributed by atoms with van der Waals surface area (Å²) in [5, 5.41) is 7.04. The van der Waals surface area contributed by atoms with Crippen LogP contribution in [0.2, 0.25) is 0 Å². The van der Waals surface area contributed by atoms with Gasteiger partial charge >= 0.3 is 25.7 Å². The molecule has 4 rings (SSSR count). The molecule has 1 unspecified atom stereocenters. The van der Waals surface area contributed by atoms with E-state index >= 15 is 0 Å². The van der Waals surface area contributed by atoms with Crippen molar-refractivity contribution < 1.29 is 46.9 Å². The van der Waals surface area contributed by atoms with Gasteiger partial charge in [0.25, 0.3) is 0 Å². The fraction of sp³-hybridized carbons (Fsp3) is 0.556. The number of hydrogen-bond donors (Lipinski definition) is 2. The van der Waals surface area contributed by atoms with Crippen LogP contribution in [0.1, 0.15) is 67.5 Å². The Morgan fingerprint density at radius 2 is 1.70 bits per heavy atom. The van der Waals surface area contributed by atoms with Gasteiger partial charge in [0.15, 0.2) is 23.6 Å². The number of nitrogens with one attached hydrogen (secondary N) is 1. The number of carbonyl (C=O) groups is 3. The van der Waals surface area contributed by atoms with Gasteiger partial charge in [0.05, 0.1) is 30.7 Å². The second kappa shape index (κ2) is 17.2. The molecule has 290 valence electrons. The van der Waals surface area contributed by atoms with Gasteiger partial charge in [0.1, 0.15) is 29.7 Å². The molecule has 0 aliphatic carbocycles. The first kappa shape index (κ1) is 41.4. The van der Waals surface area contributed by atoms with Crippen molar-refractivity contribution in [1.29, 1.82) is 0 Å². The van der Waals surface area contributed by atoms with Gasteiger partial charge in [0.2, 0.25) is 0 Å². The number of anilines is 1. The van der Waals surface area contributed by atoms with Crippen LogP contribution in [-0.4, -0.2) is 83.3 Å². The van der Waals surface area contributed by atoms with Gasteiger partial charge in [-0.15, -0.1) is 0 Å². The summed E-state index contributed by atoms with van der Waals surface area (Å²) < 4.78 is 52.1. The number of nitrogens with two attached hydrogens (primary N) is 1. The van der Waals surface area contributed by atoms with Crippen LogP contribution in [0.5, 0.6) is 5.75 Å². The quantitative estimate of drug-likeness (QED) is 0.0863. The zero-order valence-corrected chi connectivity index (χ0v) is 32.6. The van der Waals surface area contributed by atoms with Crippen LogP contribution in [-0.2, 0) is 48.0 Å². The molecule has 1 aliphatic heterocycles. The molecule has 1 saturated heterocycles. The summed E-state index contributed by atoms with van der Waals surface area (Å²) in [4.78, 5) is 47.9. The van der Waals surface area contributed by atoms with Crippen molar-refractivity contribution in [2.75, 3.05) is 26.0 Å². The molecule has 17 heteroatoms. The molecule has 3 N–H and O–H groups in total. The van der Waals surface area contributed by atoms with Crippen LogP contribution in [0.25, 0.3) is 5.52 Å². The fourth-order valence-electron chi connectivity index (χ4n) is 5.35. The SMILES string of the molecule is C/N=C\[C@@]1(c2ccc3c(N)ncnn23)O[C@H](COP(=O)(N[C@@H](C)C(=O)OCCC(C)(C)C)Oc2ccccc2)[C@@H](OC(=O)C(C)C)[C@H]1OC(=O)C(C)C. The normalized spacial score (nSPS) is 22.2. The largest absolute Gasteiger partial charge is 0.465 e. The Labute approximate surface area is 309 Å². The molecule has 6 atom stereocenters. The number of esters is 3. The van der Waals surface area contributed by atoms with Crippen molar-refractivity contribution >= 4 is 43.2 Å². The highest BCUT2D eigenvalue weighted by molar-refractivity contribution is 7.52. The first-order chi connectivity index (χ1) is 24.9. The molecule has 1 aliphatic rings. The summed E-state index contributed by atoms with van der Waals surface area (Å²) in [6, 6.07) is 10.4. The van der Waals surface area contributed by atoms with Gasteiger partial charge in [-0.3, -0.25) is 23.9 Å². The molecule has 1 fully saturated rings. The molecule has 0 spiro atoms. The van der Waals surface area contributed by atoms with Gasteiger partial charge in [-0.2, -0.15) is 10.2 Å². The van der Waals surface area contributed by atoms with Gasteiger partial charge < -0.3 is 29.2 Å². The van der Waals surface area contributed by atoms with Crippen LogP contribution < -0.4 is 15.3 Å². The Hall–Kier alpha value is -4.37. The second-order valence-corrected chi connectivity index (χ2v) is 16.3. The highest BCUT2D eigenvalue weighted by atomic mass is 31.2. The van der Waals surface area contributed by atoms with E-state index in [1.54, 1.807) is 70.2 Å². The lowest BCUT2D eigenvalue weighted by Crippen LogP contribution is -2.48. The Bertz CT molecular complexity index is 1810. The molecule has 3 heterocycles. The van der Waals surface area contributed by atoms with Crippen molar-refractivity contribution in [1.82, 2.24) is 19.7 Å². The summed E-state index contributed by atoms with van der Waals surface area (Å²) in [6.07, 6.45) is -0.673. The van der Waals surface area contributed by atoms with Crippen LogP contribution in [0.3, 0.4) is 0 Å². The van der Waals surface area contributed by atoms with E-state index in [4.69, 9.17) is 33.7 Å². The number of nitrogens with zero attached hydrogens (tertiary/aromatic N) is 4. The van der Waals surface area contributed by atoms with Gasteiger partial charge in [-0.25, -0.2) is 14.1 Å². The number of benzene rings is 1. The van der Waals surface area contributed by atoms with Crippen LogP contribution in [0.15, 0.2) is 53.8 Å². The molecule has 0 saturated carbocycles. The summed E-state index contributed by atoms with van der Waals surface area (Å²) >= 11 is 0. The summed E-state index contributed by atoms with van der Waals surface area (Å²) in [7, 11) is -2.93. The second-order valence-electron chi connectivity index (χ2n) is 14.6. The Morgan fingerprint density at radius 3 is 2.32 bits per heavy atom. The molecule has 53 heavy (non-hydrogen) atoms. The van der Waals surface area contributed by atoms with E-state index in [0.29, 0.717) is 17.6 Å². The van der Waals surface area contributed by atoms with Gasteiger partial charge in [0, 0.05) is 13.3 Å². The van der Waals surface area contributed by atoms with Crippen LogP contribution >= 0.6 is 7.75 Å². The summed E-state index contributed by atoms with van der Waals surface area (Å²) in [5.41, 5.74) is 5.07. The topological polar surface area (TPSA) is 204 Å². The molecule has 1 aromatic carbocycles. The van der Waals surface area contributed by atoms with E-state index in [0.717, 1.165) is 0 Å². The maximum atomic E-state index is 14.5. The lowest BCUT2D eigenvalue weighted by atomic mass is 9.91. The average molecular weight is 759 g/mol. The number of aromatic nitrogens is 3. The third-order valence-corrected chi connectivity index (χ3v) is 9.90. The highest BCUT2D eigenvalue weighted by Crippen LogP contribution is 2.48. The Kier molecular flexibility index (Phi) is 13.4. The number of nitrogen functional groups attached to an aromatic ring is 1. The standard InChI is InChI=1S/C36H51N6O10P/c1-22(2)32(43)49-29-27(19-48-53(46,52-25-13-11-10-12-14-25)41-24(5)34(45)47-18-17-35(6,7)8)51-36(20-38-9,30(29)50-33(44)23(3)4)28-16-15-26-31(37)39-21-40-42(26)28/h10-16,20-24,27,29-30H,17-19H2,1-9H3,(H,41,46)(H2,37,39,40)/b38-20-/t24-,27+,29+,30+,36-,53?/m0/s1. The minimum atomic E-state index is -4.43. The highest BCUT2D eigenvalue weighted by Gasteiger charge is 2.61. The molecule has 0 bridgehead atoms. The number of rotatable bonds is 16. The predicted octanol–water partition coefficient (Wildman–Crippen LogP) is 4.90. The molecule has 16 nitrogen and oxygen atoms in total. The third-order valence-electron chi connectivity index (χ3n) is 8.25. The minimum Gasteiger partial charge on any atom is -0.465 e. The molecular formula is C36H51N6O10P. The van der Waals surface area contributed by atoms with Crippen LogP contribution in [0.4, 0.5) is 5.82 Å². The maximum Gasteiger partial charge on any atom is 0.459 e. The van der Waals surface area contributed by atoms with E-state index in [2.05, 4.69) is 20.2 Å². The maximum absolute atomic E-state index is 14.5. The van der Waals surface area contributed by atoms with Crippen molar-refractivity contribution in [2.45, 2.75) is 91.8 Å². The lowest BCUT2D eigenvalue weighted by molar-refractivity contribution is -0.172. The first-order valence-electron chi connectivity index (χ1n) is 17.4. The van der Waals surface area contributed by atoms with E-state index in [1.165, 1.54) is 31.0 Å². The number of ether oxygens (including phenoxy) is 4. The molecule has 3 aromatic rings. The van der Waals surface area contributed by atoms with E-state index in [1.807, 2.05) is 20.8 Å². The number of fused-ring (bicyclic) bond motifs is 1. The van der Waals surface area contributed by atoms with Gasteiger partial charge in [-0.1, -0.05) is 66.7 Å². The van der Waals surface area contributed by atoms with Gasteiger partial charge in [-0.05, 0) is 43.0 Å². The van der Waals surface area contributed by atoms with E-state index < -0.39 is 74.1 Å². The Morgan fingerprint density at radius 1 is 1.04 bits per heavy atom. The lowest BCUT2D eigenvalue weighted by Gasteiger charge is -2.32. The molecule has 2 aromatic heterocycles. The first-order valence-corrected chi connectivity index (χ1v) is 19.0. The van der Waals surface area contributed by atoms with Crippen molar-refractivity contribution in [2.24, 2.45) is 22.2 Å². The summed E-state index contributed by atoms with van der Waals surface area (Å²) in [6.45, 7) is 13.7.